The molecule has 0 aromatic heterocycles. The quantitative estimate of drug-likeness (QED) is 0.380. The van der Waals surface area contributed by atoms with Gasteiger partial charge < -0.3 is 15.0 Å². The van der Waals surface area contributed by atoms with Crippen molar-refractivity contribution in [1.29, 1.82) is 0 Å². The number of nitrogens with zero attached hydrogens (tertiary/aromatic N) is 2. The number of nitrogens with one attached hydrogen (secondary N) is 2. The van der Waals surface area contributed by atoms with Crippen molar-refractivity contribution in [2.45, 2.75) is 18.4 Å². The maximum atomic E-state index is 12.2. The minimum absolute atomic E-state index is 0.225. The summed E-state index contributed by atoms with van der Waals surface area (Å²) in [5.74, 6) is 1.54. The summed E-state index contributed by atoms with van der Waals surface area (Å²) in [6.45, 7) is 3.95. The molecule has 0 atom stereocenters. The summed E-state index contributed by atoms with van der Waals surface area (Å²) in [6, 6.07) is 16.2. The van der Waals surface area contributed by atoms with Gasteiger partial charge in [-0.05, 0) is 36.8 Å². The number of rotatable bonds is 9. The van der Waals surface area contributed by atoms with Gasteiger partial charge in [-0.15, -0.1) is 0 Å². The predicted octanol–water partition coefficient (Wildman–Crippen LogP) is 2.07. The molecule has 0 fully saturated rings. The number of hydrogen-bond acceptors (Lipinski definition) is 4. The fraction of sp³-hybridized carbons (Fsp3) is 0.350. The van der Waals surface area contributed by atoms with Crippen LogP contribution in [0.1, 0.15) is 12.5 Å². The second kappa shape index (κ2) is 10.7. The Labute approximate surface area is 167 Å². The SMILES string of the molecule is CCNC(=NCCNS(=O)(=O)c1ccccc1)N(C)Cc1ccc(OC)cc1. The summed E-state index contributed by atoms with van der Waals surface area (Å²) >= 11 is 0. The van der Waals surface area contributed by atoms with Crippen molar-refractivity contribution in [3.05, 3.63) is 60.2 Å². The third kappa shape index (κ3) is 6.54. The third-order valence-corrected chi connectivity index (χ3v) is 5.47. The second-order valence-electron chi connectivity index (χ2n) is 6.15. The highest BCUT2D eigenvalue weighted by molar-refractivity contribution is 7.89. The van der Waals surface area contributed by atoms with Gasteiger partial charge in [0.25, 0.3) is 0 Å². The van der Waals surface area contributed by atoms with E-state index in [1.54, 1.807) is 37.4 Å². The molecular formula is C20H28N4O3S. The molecule has 0 amide bonds. The normalized spacial score (nSPS) is 11.9. The molecule has 0 spiro atoms. The van der Waals surface area contributed by atoms with Gasteiger partial charge in [-0.1, -0.05) is 30.3 Å². The van der Waals surface area contributed by atoms with Gasteiger partial charge in [0.1, 0.15) is 5.75 Å². The highest BCUT2D eigenvalue weighted by Gasteiger charge is 2.12. The zero-order valence-corrected chi connectivity index (χ0v) is 17.4. The Bertz CT molecular complexity index is 853. The molecule has 0 saturated carbocycles. The molecule has 2 aromatic rings. The smallest absolute Gasteiger partial charge is 0.240 e. The highest BCUT2D eigenvalue weighted by atomic mass is 32.2. The molecule has 2 aromatic carbocycles. The Morgan fingerprint density at radius 1 is 1.11 bits per heavy atom. The Morgan fingerprint density at radius 3 is 2.39 bits per heavy atom. The lowest BCUT2D eigenvalue weighted by atomic mass is 10.2. The van der Waals surface area contributed by atoms with Gasteiger partial charge in [0.05, 0.1) is 18.6 Å². The molecule has 0 aliphatic carbocycles. The molecule has 0 radical (unpaired) electrons. The van der Waals surface area contributed by atoms with E-state index in [1.165, 1.54) is 0 Å². The number of benzene rings is 2. The van der Waals surface area contributed by atoms with Gasteiger partial charge in [-0.3, -0.25) is 4.99 Å². The molecule has 28 heavy (non-hydrogen) atoms. The topological polar surface area (TPSA) is 83.0 Å². The predicted molar refractivity (Wildman–Crippen MR) is 112 cm³/mol. The average molecular weight is 405 g/mol. The van der Waals surface area contributed by atoms with Crippen LogP contribution in [0.15, 0.2) is 64.5 Å². The molecular weight excluding hydrogens is 376 g/mol. The summed E-state index contributed by atoms with van der Waals surface area (Å²) in [4.78, 5) is 6.77. The lowest BCUT2D eigenvalue weighted by Gasteiger charge is -2.22. The first-order valence-corrected chi connectivity index (χ1v) is 10.6. The lowest BCUT2D eigenvalue weighted by molar-refractivity contribution is 0.414. The van der Waals surface area contributed by atoms with Crippen LogP contribution in [0.3, 0.4) is 0 Å². The fourth-order valence-corrected chi connectivity index (χ4v) is 3.62. The number of methoxy groups -OCH3 is 1. The number of guanidine groups is 1. The molecule has 8 heteroatoms. The van der Waals surface area contributed by atoms with E-state index in [9.17, 15) is 8.42 Å². The average Bonchev–Trinajstić information content (AvgIpc) is 2.71. The summed E-state index contributed by atoms with van der Waals surface area (Å²) in [6.07, 6.45) is 0. The lowest BCUT2D eigenvalue weighted by Crippen LogP contribution is -2.39. The third-order valence-electron chi connectivity index (χ3n) is 3.99. The van der Waals surface area contributed by atoms with E-state index >= 15 is 0 Å². The molecule has 0 unspecified atom stereocenters. The largest absolute Gasteiger partial charge is 0.497 e. The summed E-state index contributed by atoms with van der Waals surface area (Å²) in [7, 11) is 0.0752. The zero-order chi connectivity index (χ0) is 20.4. The van der Waals surface area contributed by atoms with E-state index in [0.29, 0.717) is 13.1 Å². The van der Waals surface area contributed by atoms with Crippen LogP contribution in [0.4, 0.5) is 0 Å². The fourth-order valence-electron chi connectivity index (χ4n) is 2.57. The molecule has 7 nitrogen and oxygen atoms in total. The zero-order valence-electron chi connectivity index (χ0n) is 16.6. The van der Waals surface area contributed by atoms with Crippen LogP contribution in [0.2, 0.25) is 0 Å². The molecule has 152 valence electrons. The maximum Gasteiger partial charge on any atom is 0.240 e. The number of aliphatic imine (C=N–C) groups is 1. The van der Waals surface area contributed by atoms with Crippen molar-refractivity contribution < 1.29 is 13.2 Å². The van der Waals surface area contributed by atoms with Crippen LogP contribution in [0.5, 0.6) is 5.75 Å². The summed E-state index contributed by atoms with van der Waals surface area (Å²) < 4.78 is 32.2. The highest BCUT2D eigenvalue weighted by Crippen LogP contribution is 2.12. The minimum Gasteiger partial charge on any atom is -0.497 e. The number of hydrogen-bond donors (Lipinski definition) is 2. The van der Waals surface area contributed by atoms with E-state index < -0.39 is 10.0 Å². The van der Waals surface area contributed by atoms with Crippen molar-refractivity contribution >= 4 is 16.0 Å². The Balaban J connectivity index is 1.93. The van der Waals surface area contributed by atoms with Gasteiger partial charge >= 0.3 is 0 Å². The van der Waals surface area contributed by atoms with Crippen LogP contribution in [0.25, 0.3) is 0 Å². The van der Waals surface area contributed by atoms with Gasteiger partial charge in [0.2, 0.25) is 10.0 Å². The van der Waals surface area contributed by atoms with Gasteiger partial charge in [0, 0.05) is 26.7 Å². The first-order chi connectivity index (χ1) is 13.5. The van der Waals surface area contributed by atoms with Crippen LogP contribution in [-0.4, -0.2) is 53.1 Å². The van der Waals surface area contributed by atoms with Crippen LogP contribution in [-0.2, 0) is 16.6 Å². The first-order valence-electron chi connectivity index (χ1n) is 9.13. The van der Waals surface area contributed by atoms with E-state index in [1.807, 2.05) is 43.1 Å². The van der Waals surface area contributed by atoms with Gasteiger partial charge in [0.15, 0.2) is 5.96 Å². The van der Waals surface area contributed by atoms with Crippen LogP contribution < -0.4 is 14.8 Å². The molecule has 2 N–H and O–H groups in total. The molecule has 2 rings (SSSR count). The van der Waals surface area contributed by atoms with Crippen molar-refractivity contribution in [1.82, 2.24) is 14.9 Å². The van der Waals surface area contributed by atoms with E-state index in [-0.39, 0.29) is 11.4 Å². The van der Waals surface area contributed by atoms with Crippen molar-refractivity contribution in [3.63, 3.8) is 0 Å². The van der Waals surface area contributed by atoms with Crippen molar-refractivity contribution in [2.24, 2.45) is 4.99 Å². The molecule has 0 aliphatic rings. The summed E-state index contributed by atoms with van der Waals surface area (Å²) in [5.41, 5.74) is 1.12. The second-order valence-corrected chi connectivity index (χ2v) is 7.92. The molecule has 0 aliphatic heterocycles. The molecule has 0 heterocycles. The van der Waals surface area contributed by atoms with Crippen LogP contribution >= 0.6 is 0 Å². The minimum atomic E-state index is -3.51. The van der Waals surface area contributed by atoms with Gasteiger partial charge in [-0.25, -0.2) is 13.1 Å². The van der Waals surface area contributed by atoms with Crippen molar-refractivity contribution in [3.8, 4) is 5.75 Å². The molecule has 0 bridgehead atoms. The summed E-state index contributed by atoms with van der Waals surface area (Å²) in [5, 5.41) is 3.23. The van der Waals surface area contributed by atoms with Crippen LogP contribution in [0, 0.1) is 0 Å². The van der Waals surface area contributed by atoms with E-state index in [0.717, 1.165) is 23.8 Å². The number of ether oxygens (including phenoxy) is 1. The number of sulfonamides is 1. The molecule has 0 saturated heterocycles. The van der Waals surface area contributed by atoms with E-state index in [2.05, 4.69) is 15.0 Å². The van der Waals surface area contributed by atoms with Crippen molar-refractivity contribution in [2.75, 3.05) is 33.8 Å². The first kappa shape index (κ1) is 21.7. The standard InChI is InChI=1S/C20H28N4O3S/c1-4-21-20(24(2)16-17-10-12-18(27-3)13-11-17)22-14-15-23-28(25,26)19-8-6-5-7-9-19/h5-13,23H,4,14-16H2,1-3H3,(H,21,22). The Kier molecular flexibility index (Phi) is 8.28. The Hall–Kier alpha value is -2.58. The van der Waals surface area contributed by atoms with E-state index in [4.69, 9.17) is 4.74 Å². The van der Waals surface area contributed by atoms with Gasteiger partial charge in [-0.2, -0.15) is 0 Å². The monoisotopic (exact) mass is 404 g/mol. The maximum absolute atomic E-state index is 12.2. The Morgan fingerprint density at radius 2 is 1.79 bits per heavy atom.